The molecule has 0 aliphatic carbocycles. The number of anilines is 1. The molecule has 3 heterocycles. The van der Waals surface area contributed by atoms with Gasteiger partial charge in [-0.1, -0.05) is 12.1 Å². The number of aliphatic hydroxyl groups excluding tert-OH is 1. The molecule has 1 aromatic heterocycles. The average Bonchev–Trinajstić information content (AvgIpc) is 2.87. The zero-order valence-corrected chi connectivity index (χ0v) is 20.3. The Labute approximate surface area is 209 Å². The van der Waals surface area contributed by atoms with Gasteiger partial charge in [-0.15, -0.1) is 0 Å². The largest absolute Gasteiger partial charge is 0.394 e. The number of aromatic nitrogens is 2. The molecule has 2 aliphatic heterocycles. The van der Waals surface area contributed by atoms with Crippen LogP contribution in [-0.4, -0.2) is 99.8 Å². The first-order chi connectivity index (χ1) is 17.4. The standard InChI is InChI=1S/C24H34N8O4/c25-7-5-18-14-29(15-18)13-17-1-3-19(4-2-17)32-8-6-21(28-24(32)36)27-23(35)31-11-9-30(10-12-31)22(34)20(26)16-33/h1-4,6,8,18,20,33H,5,7,9-16,25-26H2,(H,27,28,35,36). The van der Waals surface area contributed by atoms with Crippen LogP contribution in [0.3, 0.4) is 0 Å². The molecule has 2 aliphatic rings. The predicted octanol–water partition coefficient (Wildman–Crippen LogP) is -0.991. The van der Waals surface area contributed by atoms with Gasteiger partial charge in [0.2, 0.25) is 5.91 Å². The minimum Gasteiger partial charge on any atom is -0.394 e. The van der Waals surface area contributed by atoms with Crippen molar-refractivity contribution < 1.29 is 14.7 Å². The molecule has 1 atom stereocenters. The molecular weight excluding hydrogens is 464 g/mol. The minimum atomic E-state index is -0.952. The summed E-state index contributed by atoms with van der Waals surface area (Å²) >= 11 is 0. The topological polar surface area (TPSA) is 163 Å². The Morgan fingerprint density at radius 1 is 1.08 bits per heavy atom. The number of likely N-dealkylation sites (tertiary alicyclic amines) is 1. The molecule has 2 aromatic rings. The summed E-state index contributed by atoms with van der Waals surface area (Å²) < 4.78 is 1.43. The van der Waals surface area contributed by atoms with Gasteiger partial charge >= 0.3 is 11.7 Å². The molecule has 12 heteroatoms. The maximum Gasteiger partial charge on any atom is 0.354 e. The van der Waals surface area contributed by atoms with Crippen molar-refractivity contribution in [3.05, 3.63) is 52.6 Å². The Kier molecular flexibility index (Phi) is 8.31. The first kappa shape index (κ1) is 25.8. The van der Waals surface area contributed by atoms with E-state index >= 15 is 0 Å². The van der Waals surface area contributed by atoms with Gasteiger partial charge < -0.3 is 26.4 Å². The number of nitrogens with two attached hydrogens (primary N) is 2. The van der Waals surface area contributed by atoms with Crippen LogP contribution in [-0.2, 0) is 11.3 Å². The van der Waals surface area contributed by atoms with Gasteiger partial charge in [-0.2, -0.15) is 4.98 Å². The van der Waals surface area contributed by atoms with Crippen LogP contribution in [0.5, 0.6) is 0 Å². The average molecular weight is 499 g/mol. The highest BCUT2D eigenvalue weighted by Crippen LogP contribution is 2.21. The van der Waals surface area contributed by atoms with Crippen molar-refractivity contribution in [3.8, 4) is 5.69 Å². The van der Waals surface area contributed by atoms with E-state index in [0.29, 0.717) is 37.8 Å². The van der Waals surface area contributed by atoms with Crippen molar-refractivity contribution in [2.45, 2.75) is 19.0 Å². The van der Waals surface area contributed by atoms with Gasteiger partial charge in [-0.05, 0) is 42.6 Å². The molecule has 1 unspecified atom stereocenters. The molecule has 0 bridgehead atoms. The summed E-state index contributed by atoms with van der Waals surface area (Å²) in [6.45, 7) is 4.58. The number of hydrogen-bond donors (Lipinski definition) is 4. The van der Waals surface area contributed by atoms with Crippen LogP contribution in [0.2, 0.25) is 0 Å². The van der Waals surface area contributed by atoms with Crippen LogP contribution >= 0.6 is 0 Å². The van der Waals surface area contributed by atoms with Crippen LogP contribution in [0.15, 0.2) is 41.3 Å². The van der Waals surface area contributed by atoms with E-state index in [1.54, 1.807) is 12.3 Å². The molecule has 0 spiro atoms. The third-order valence-electron chi connectivity index (χ3n) is 6.66. The van der Waals surface area contributed by atoms with Crippen molar-refractivity contribution in [1.82, 2.24) is 24.3 Å². The number of carbonyl (C=O) groups excluding carboxylic acids is 2. The summed E-state index contributed by atoms with van der Waals surface area (Å²) in [7, 11) is 0. The van der Waals surface area contributed by atoms with Gasteiger partial charge in [0.05, 0.1) is 12.3 Å². The van der Waals surface area contributed by atoms with Gasteiger partial charge in [-0.3, -0.25) is 19.6 Å². The Hall–Kier alpha value is -3.32. The maximum atomic E-state index is 12.6. The Morgan fingerprint density at radius 2 is 1.75 bits per heavy atom. The van der Waals surface area contributed by atoms with E-state index in [9.17, 15) is 14.4 Å². The van der Waals surface area contributed by atoms with Gasteiger partial charge in [0.15, 0.2) is 0 Å². The lowest BCUT2D eigenvalue weighted by Gasteiger charge is -2.39. The van der Waals surface area contributed by atoms with Gasteiger partial charge in [0.25, 0.3) is 0 Å². The van der Waals surface area contributed by atoms with Crippen LogP contribution in [0.25, 0.3) is 5.69 Å². The highest BCUT2D eigenvalue weighted by atomic mass is 16.3. The minimum absolute atomic E-state index is 0.156. The molecule has 1 aromatic carbocycles. The van der Waals surface area contributed by atoms with Crippen molar-refractivity contribution in [3.63, 3.8) is 0 Å². The van der Waals surface area contributed by atoms with Crippen molar-refractivity contribution in [2.24, 2.45) is 17.4 Å². The Bertz CT molecular complexity index is 1110. The van der Waals surface area contributed by atoms with Crippen LogP contribution < -0.4 is 22.5 Å². The molecule has 12 nitrogen and oxygen atoms in total. The number of amides is 3. The zero-order valence-electron chi connectivity index (χ0n) is 20.3. The molecule has 36 heavy (non-hydrogen) atoms. The summed E-state index contributed by atoms with van der Waals surface area (Å²) in [5, 5.41) is 11.7. The summed E-state index contributed by atoms with van der Waals surface area (Å²) in [5.41, 5.74) is 12.6. The first-order valence-corrected chi connectivity index (χ1v) is 12.2. The predicted molar refractivity (Wildman–Crippen MR) is 135 cm³/mol. The van der Waals surface area contributed by atoms with Crippen LogP contribution in [0, 0.1) is 5.92 Å². The lowest BCUT2D eigenvalue weighted by Crippen LogP contribution is -2.55. The van der Waals surface area contributed by atoms with Crippen molar-refractivity contribution >= 4 is 17.8 Å². The normalized spacial score (nSPS) is 17.5. The quantitative estimate of drug-likeness (QED) is 0.360. The molecule has 3 amide bonds. The third-order valence-corrected chi connectivity index (χ3v) is 6.66. The third kappa shape index (κ3) is 6.08. The van der Waals surface area contributed by atoms with E-state index in [2.05, 4.69) is 15.2 Å². The molecule has 194 valence electrons. The summed E-state index contributed by atoms with van der Waals surface area (Å²) in [6, 6.07) is 8.01. The summed E-state index contributed by atoms with van der Waals surface area (Å²) in [4.78, 5) is 46.7. The van der Waals surface area contributed by atoms with Crippen LogP contribution in [0.1, 0.15) is 12.0 Å². The second-order valence-corrected chi connectivity index (χ2v) is 9.30. The summed E-state index contributed by atoms with van der Waals surface area (Å²) in [6.07, 6.45) is 2.65. The van der Waals surface area contributed by atoms with Crippen molar-refractivity contribution in [1.29, 1.82) is 0 Å². The van der Waals surface area contributed by atoms with Crippen molar-refractivity contribution in [2.75, 3.05) is 57.7 Å². The van der Waals surface area contributed by atoms with E-state index in [4.69, 9.17) is 16.6 Å². The molecule has 2 saturated heterocycles. The molecule has 4 rings (SSSR count). The van der Waals surface area contributed by atoms with E-state index in [0.717, 1.165) is 32.6 Å². The smallest absolute Gasteiger partial charge is 0.354 e. The number of hydrogen-bond acceptors (Lipinski definition) is 8. The SMILES string of the molecule is NCCC1CN(Cc2ccc(-n3ccc(NC(=O)N4CCN(C(=O)C(N)CO)CC4)nc3=O)cc2)C1. The molecule has 2 fully saturated rings. The van der Waals surface area contributed by atoms with Gasteiger partial charge in [0.1, 0.15) is 11.9 Å². The first-order valence-electron chi connectivity index (χ1n) is 12.2. The monoisotopic (exact) mass is 498 g/mol. The van der Waals surface area contributed by atoms with E-state index in [1.807, 2.05) is 24.3 Å². The number of benzene rings is 1. The Balaban J connectivity index is 1.29. The van der Waals surface area contributed by atoms with E-state index < -0.39 is 24.4 Å². The van der Waals surface area contributed by atoms with Crippen LogP contribution in [0.4, 0.5) is 10.6 Å². The lowest BCUT2D eigenvalue weighted by atomic mass is 9.96. The lowest BCUT2D eigenvalue weighted by molar-refractivity contribution is -0.134. The fraction of sp³-hybridized carbons (Fsp3) is 0.500. The molecule has 6 N–H and O–H groups in total. The molecular formula is C24H34N8O4. The highest BCUT2D eigenvalue weighted by molar-refractivity contribution is 5.88. The maximum absolute atomic E-state index is 12.6. The van der Waals surface area contributed by atoms with E-state index in [1.165, 1.54) is 19.9 Å². The number of nitrogens with zero attached hydrogens (tertiary/aromatic N) is 5. The fourth-order valence-corrected chi connectivity index (χ4v) is 4.54. The molecule has 0 saturated carbocycles. The zero-order chi connectivity index (χ0) is 25.7. The number of piperazine rings is 1. The Morgan fingerprint density at radius 3 is 2.36 bits per heavy atom. The second-order valence-electron chi connectivity index (χ2n) is 9.30. The number of carbonyl (C=O) groups is 2. The van der Waals surface area contributed by atoms with Gasteiger partial charge in [0, 0.05) is 52.0 Å². The fourth-order valence-electron chi connectivity index (χ4n) is 4.54. The summed E-state index contributed by atoms with van der Waals surface area (Å²) in [5.74, 6) is 0.513. The second kappa shape index (κ2) is 11.6. The number of urea groups is 1. The highest BCUT2D eigenvalue weighted by Gasteiger charge is 2.27. The number of aliphatic hydroxyl groups is 1. The number of rotatable bonds is 8. The van der Waals surface area contributed by atoms with Gasteiger partial charge in [-0.25, -0.2) is 9.59 Å². The molecule has 0 radical (unpaired) electrons. The number of nitrogens with one attached hydrogen (secondary N) is 1. The van der Waals surface area contributed by atoms with E-state index in [-0.39, 0.29) is 11.7 Å².